The SMILES string of the molecule is CCc1ccccc1N(CC(=O)Nc1nnc(-c2ccc(Cl)cc2)s1)S(=O)(=O)c1ccccc1. The number of nitrogens with zero attached hydrogens (tertiary/aromatic N) is 3. The number of nitrogens with one attached hydrogen (secondary N) is 1. The summed E-state index contributed by atoms with van der Waals surface area (Å²) in [4.78, 5) is 13.1. The number of carbonyl (C=O) groups is 1. The normalized spacial score (nSPS) is 11.2. The van der Waals surface area contributed by atoms with E-state index in [2.05, 4.69) is 15.5 Å². The fraction of sp³-hybridized carbons (Fsp3) is 0.125. The van der Waals surface area contributed by atoms with E-state index < -0.39 is 22.5 Å². The lowest BCUT2D eigenvalue weighted by molar-refractivity contribution is -0.114. The fourth-order valence-electron chi connectivity index (χ4n) is 3.34. The average molecular weight is 513 g/mol. The topological polar surface area (TPSA) is 92.3 Å². The number of aryl methyl sites for hydroxylation is 1. The van der Waals surface area contributed by atoms with Crippen LogP contribution in [0.1, 0.15) is 12.5 Å². The number of rotatable bonds is 8. The molecule has 0 aliphatic rings. The Morgan fingerprint density at radius 1 is 0.971 bits per heavy atom. The zero-order valence-corrected chi connectivity index (χ0v) is 20.6. The first-order valence-corrected chi connectivity index (χ1v) is 13.1. The van der Waals surface area contributed by atoms with E-state index in [0.717, 1.165) is 15.4 Å². The van der Waals surface area contributed by atoms with E-state index in [1.54, 1.807) is 42.5 Å². The number of para-hydroxylation sites is 1. The lowest BCUT2D eigenvalue weighted by atomic mass is 10.1. The zero-order chi connectivity index (χ0) is 24.1. The molecule has 0 unspecified atom stereocenters. The van der Waals surface area contributed by atoms with Crippen LogP contribution in [0.4, 0.5) is 10.8 Å². The Morgan fingerprint density at radius 2 is 1.65 bits per heavy atom. The van der Waals surface area contributed by atoms with Gasteiger partial charge in [0.2, 0.25) is 11.0 Å². The molecule has 0 bridgehead atoms. The molecule has 1 amide bonds. The number of benzene rings is 3. The molecule has 7 nitrogen and oxygen atoms in total. The first kappa shape index (κ1) is 23.9. The second kappa shape index (κ2) is 10.3. The van der Waals surface area contributed by atoms with Crippen LogP contribution in [0.2, 0.25) is 5.02 Å². The Morgan fingerprint density at radius 3 is 2.35 bits per heavy atom. The van der Waals surface area contributed by atoms with Gasteiger partial charge in [-0.3, -0.25) is 14.4 Å². The van der Waals surface area contributed by atoms with Crippen molar-refractivity contribution in [2.45, 2.75) is 18.2 Å². The molecule has 0 saturated carbocycles. The molecule has 4 aromatic rings. The molecule has 1 heterocycles. The molecule has 0 atom stereocenters. The summed E-state index contributed by atoms with van der Waals surface area (Å²) >= 11 is 7.12. The lowest BCUT2D eigenvalue weighted by Gasteiger charge is -2.26. The van der Waals surface area contributed by atoms with Crippen molar-refractivity contribution >= 4 is 49.7 Å². The summed E-state index contributed by atoms with van der Waals surface area (Å²) in [6.07, 6.45) is 0.611. The van der Waals surface area contributed by atoms with Crippen molar-refractivity contribution < 1.29 is 13.2 Å². The number of halogens is 1. The number of anilines is 2. The fourth-order valence-corrected chi connectivity index (χ4v) is 5.72. The molecule has 3 aromatic carbocycles. The van der Waals surface area contributed by atoms with Gasteiger partial charge in [0.05, 0.1) is 10.6 Å². The number of amides is 1. The molecule has 0 aliphatic heterocycles. The first-order valence-electron chi connectivity index (χ1n) is 10.4. The van der Waals surface area contributed by atoms with Crippen LogP contribution in [-0.4, -0.2) is 31.1 Å². The van der Waals surface area contributed by atoms with Crippen LogP contribution >= 0.6 is 22.9 Å². The van der Waals surface area contributed by atoms with Crippen LogP contribution in [0.5, 0.6) is 0 Å². The van der Waals surface area contributed by atoms with E-state index >= 15 is 0 Å². The van der Waals surface area contributed by atoms with Crippen molar-refractivity contribution in [3.8, 4) is 10.6 Å². The van der Waals surface area contributed by atoms with Gasteiger partial charge in [0.15, 0.2) is 0 Å². The van der Waals surface area contributed by atoms with Gasteiger partial charge in [-0.2, -0.15) is 0 Å². The lowest BCUT2D eigenvalue weighted by Crippen LogP contribution is -2.38. The summed E-state index contributed by atoms with van der Waals surface area (Å²) in [7, 11) is -3.99. The van der Waals surface area contributed by atoms with E-state index in [9.17, 15) is 13.2 Å². The van der Waals surface area contributed by atoms with Gasteiger partial charge in [0.25, 0.3) is 10.0 Å². The largest absolute Gasteiger partial charge is 0.299 e. The van der Waals surface area contributed by atoms with Gasteiger partial charge < -0.3 is 0 Å². The van der Waals surface area contributed by atoms with Crippen molar-refractivity contribution in [2.24, 2.45) is 0 Å². The Balaban J connectivity index is 1.61. The highest BCUT2D eigenvalue weighted by Gasteiger charge is 2.28. The van der Waals surface area contributed by atoms with Crippen LogP contribution in [0.15, 0.2) is 83.8 Å². The molecule has 0 saturated heterocycles. The first-order chi connectivity index (χ1) is 16.4. The molecule has 1 aromatic heterocycles. The maximum absolute atomic E-state index is 13.5. The van der Waals surface area contributed by atoms with E-state index in [4.69, 9.17) is 11.6 Å². The van der Waals surface area contributed by atoms with Gasteiger partial charge in [-0.05, 0) is 42.3 Å². The second-order valence-electron chi connectivity index (χ2n) is 7.27. The monoisotopic (exact) mass is 512 g/mol. The molecule has 174 valence electrons. The summed E-state index contributed by atoms with van der Waals surface area (Å²) < 4.78 is 28.2. The maximum Gasteiger partial charge on any atom is 0.264 e. The Hall–Kier alpha value is -3.27. The minimum atomic E-state index is -3.99. The highest BCUT2D eigenvalue weighted by atomic mass is 35.5. The summed E-state index contributed by atoms with van der Waals surface area (Å²) in [5.74, 6) is -0.524. The molecular formula is C24H21ClN4O3S2. The highest BCUT2D eigenvalue weighted by Crippen LogP contribution is 2.29. The van der Waals surface area contributed by atoms with Crippen LogP contribution in [-0.2, 0) is 21.2 Å². The third-order valence-electron chi connectivity index (χ3n) is 5.02. The maximum atomic E-state index is 13.5. The highest BCUT2D eigenvalue weighted by molar-refractivity contribution is 7.92. The molecule has 0 spiro atoms. The number of sulfonamides is 1. The van der Waals surface area contributed by atoms with E-state index in [0.29, 0.717) is 22.1 Å². The quantitative estimate of drug-likeness (QED) is 0.348. The molecule has 10 heteroatoms. The molecule has 34 heavy (non-hydrogen) atoms. The molecule has 0 fully saturated rings. The minimum Gasteiger partial charge on any atom is -0.299 e. The third-order valence-corrected chi connectivity index (χ3v) is 7.94. The second-order valence-corrected chi connectivity index (χ2v) is 10.6. The minimum absolute atomic E-state index is 0.106. The van der Waals surface area contributed by atoms with Crippen LogP contribution < -0.4 is 9.62 Å². The predicted octanol–water partition coefficient (Wildman–Crippen LogP) is 5.25. The smallest absolute Gasteiger partial charge is 0.264 e. The summed E-state index contributed by atoms with van der Waals surface area (Å²) in [5.41, 5.74) is 2.09. The van der Waals surface area contributed by atoms with Gasteiger partial charge in [0.1, 0.15) is 11.6 Å². The van der Waals surface area contributed by atoms with Crippen LogP contribution in [0.25, 0.3) is 10.6 Å². The van der Waals surface area contributed by atoms with Crippen LogP contribution in [0.3, 0.4) is 0 Å². The standard InChI is InChI=1S/C24H21ClN4O3S2/c1-2-17-8-6-7-11-21(17)29(34(31,32)20-9-4-3-5-10-20)16-22(30)26-24-28-27-23(33-24)18-12-14-19(25)15-13-18/h3-15H,2,16H2,1H3,(H,26,28,30). The van der Waals surface area contributed by atoms with Gasteiger partial charge >= 0.3 is 0 Å². The van der Waals surface area contributed by atoms with Gasteiger partial charge in [-0.25, -0.2) is 8.42 Å². The van der Waals surface area contributed by atoms with Crippen LogP contribution in [0, 0.1) is 0 Å². The zero-order valence-electron chi connectivity index (χ0n) is 18.2. The number of carbonyl (C=O) groups excluding carboxylic acids is 1. The number of hydrogen-bond acceptors (Lipinski definition) is 6. The van der Waals surface area contributed by atoms with Crippen molar-refractivity contribution in [3.05, 3.63) is 89.4 Å². The molecule has 4 rings (SSSR count). The molecule has 1 N–H and O–H groups in total. The predicted molar refractivity (Wildman–Crippen MR) is 136 cm³/mol. The average Bonchev–Trinajstić information content (AvgIpc) is 3.31. The van der Waals surface area contributed by atoms with E-state index in [-0.39, 0.29) is 10.0 Å². The summed E-state index contributed by atoms with van der Waals surface area (Å²) in [6, 6.07) is 22.3. The summed E-state index contributed by atoms with van der Waals surface area (Å²) in [5, 5.41) is 12.3. The number of hydrogen-bond donors (Lipinski definition) is 1. The Bertz CT molecular complexity index is 1390. The van der Waals surface area contributed by atoms with Crippen molar-refractivity contribution in [2.75, 3.05) is 16.2 Å². The Kier molecular flexibility index (Phi) is 7.26. The third kappa shape index (κ3) is 5.27. The number of aromatic nitrogens is 2. The van der Waals surface area contributed by atoms with Crippen molar-refractivity contribution in [3.63, 3.8) is 0 Å². The molecule has 0 radical (unpaired) electrons. The van der Waals surface area contributed by atoms with Crippen molar-refractivity contribution in [1.29, 1.82) is 0 Å². The summed E-state index contributed by atoms with van der Waals surface area (Å²) in [6.45, 7) is 1.52. The molecular weight excluding hydrogens is 492 g/mol. The van der Waals surface area contributed by atoms with Crippen molar-refractivity contribution in [1.82, 2.24) is 10.2 Å². The Labute approximate surface area is 207 Å². The van der Waals surface area contributed by atoms with E-state index in [1.807, 2.05) is 31.2 Å². The van der Waals surface area contributed by atoms with Gasteiger partial charge in [-0.1, -0.05) is 78.4 Å². The van der Waals surface area contributed by atoms with Gasteiger partial charge in [-0.15, -0.1) is 10.2 Å². The van der Waals surface area contributed by atoms with Gasteiger partial charge in [0, 0.05) is 10.6 Å². The molecule has 0 aliphatic carbocycles. The van der Waals surface area contributed by atoms with E-state index in [1.165, 1.54) is 23.5 Å².